The summed E-state index contributed by atoms with van der Waals surface area (Å²) in [7, 11) is 0. The molecule has 1 N–H and O–H groups in total. The van der Waals surface area contributed by atoms with Crippen LogP contribution in [0.2, 0.25) is 10.0 Å². The SMILES string of the molecule is CC(=O)N1C[C@H](C(=O)NCc2ccc(Cl)cc2Cl)Oc2ccccc21. The van der Waals surface area contributed by atoms with Gasteiger partial charge in [0.2, 0.25) is 5.91 Å². The highest BCUT2D eigenvalue weighted by atomic mass is 35.5. The Hall–Kier alpha value is -2.24. The summed E-state index contributed by atoms with van der Waals surface area (Å²) < 4.78 is 5.75. The first-order valence-electron chi connectivity index (χ1n) is 7.71. The Morgan fingerprint density at radius 1 is 1.24 bits per heavy atom. The summed E-state index contributed by atoms with van der Waals surface area (Å²) >= 11 is 12.0. The molecule has 0 radical (unpaired) electrons. The van der Waals surface area contributed by atoms with Gasteiger partial charge in [0.05, 0.1) is 12.2 Å². The van der Waals surface area contributed by atoms with Gasteiger partial charge in [-0.2, -0.15) is 0 Å². The van der Waals surface area contributed by atoms with Gasteiger partial charge in [0, 0.05) is 23.5 Å². The zero-order valence-electron chi connectivity index (χ0n) is 13.5. The Kier molecular flexibility index (Phi) is 5.16. The minimum Gasteiger partial charge on any atom is -0.477 e. The van der Waals surface area contributed by atoms with E-state index in [9.17, 15) is 9.59 Å². The number of para-hydroxylation sites is 2. The van der Waals surface area contributed by atoms with Crippen LogP contribution in [-0.2, 0) is 16.1 Å². The van der Waals surface area contributed by atoms with Gasteiger partial charge in [-0.25, -0.2) is 0 Å². The van der Waals surface area contributed by atoms with E-state index in [1.165, 1.54) is 6.92 Å². The van der Waals surface area contributed by atoms with Crippen molar-refractivity contribution in [3.8, 4) is 5.75 Å². The maximum Gasteiger partial charge on any atom is 0.263 e. The third-order valence-electron chi connectivity index (χ3n) is 3.91. The standard InChI is InChI=1S/C18H16Cl2N2O3/c1-11(23)22-10-17(25-16-5-3-2-4-15(16)22)18(24)21-9-12-6-7-13(19)8-14(12)20/h2-8,17H,9-10H2,1H3,(H,21,24)/t17-/m1/s1. The van der Waals surface area contributed by atoms with Crippen molar-refractivity contribution < 1.29 is 14.3 Å². The minimum atomic E-state index is -0.787. The lowest BCUT2D eigenvalue weighted by Crippen LogP contribution is -2.50. The van der Waals surface area contributed by atoms with Crippen LogP contribution in [0.25, 0.3) is 0 Å². The minimum absolute atomic E-state index is 0.144. The molecule has 2 amide bonds. The van der Waals surface area contributed by atoms with Gasteiger partial charge in [-0.15, -0.1) is 0 Å². The van der Waals surface area contributed by atoms with Crippen molar-refractivity contribution in [1.82, 2.24) is 5.32 Å². The van der Waals surface area contributed by atoms with E-state index in [1.54, 1.807) is 41.3 Å². The predicted octanol–water partition coefficient (Wildman–Crippen LogP) is 3.42. The summed E-state index contributed by atoms with van der Waals surface area (Å²) in [5, 5.41) is 3.80. The number of nitrogens with one attached hydrogen (secondary N) is 1. The second-order valence-electron chi connectivity index (χ2n) is 5.66. The van der Waals surface area contributed by atoms with Crippen LogP contribution in [0.1, 0.15) is 12.5 Å². The normalized spacial score (nSPS) is 16.0. The van der Waals surface area contributed by atoms with Crippen LogP contribution in [0.3, 0.4) is 0 Å². The van der Waals surface area contributed by atoms with Gasteiger partial charge >= 0.3 is 0 Å². The summed E-state index contributed by atoms with van der Waals surface area (Å²) in [4.78, 5) is 25.9. The van der Waals surface area contributed by atoms with Gasteiger partial charge in [0.1, 0.15) is 5.75 Å². The average molecular weight is 379 g/mol. The number of ether oxygens (including phenoxy) is 1. The maximum atomic E-state index is 12.5. The smallest absolute Gasteiger partial charge is 0.263 e. The Morgan fingerprint density at radius 3 is 2.72 bits per heavy atom. The molecule has 0 spiro atoms. The van der Waals surface area contributed by atoms with Crippen molar-refractivity contribution in [3.63, 3.8) is 0 Å². The summed E-state index contributed by atoms with van der Waals surface area (Å²) in [6, 6.07) is 12.2. The highest BCUT2D eigenvalue weighted by Gasteiger charge is 2.32. The molecule has 0 bridgehead atoms. The topological polar surface area (TPSA) is 58.6 Å². The molecule has 0 fully saturated rings. The molecule has 0 aromatic heterocycles. The first kappa shape index (κ1) is 17.6. The summed E-state index contributed by atoms with van der Waals surface area (Å²) in [5.41, 5.74) is 1.42. The van der Waals surface area contributed by atoms with Crippen molar-refractivity contribution in [3.05, 3.63) is 58.1 Å². The van der Waals surface area contributed by atoms with Crippen molar-refractivity contribution >= 4 is 40.7 Å². The highest BCUT2D eigenvalue weighted by Crippen LogP contribution is 2.33. The van der Waals surface area contributed by atoms with E-state index in [2.05, 4.69) is 5.32 Å². The number of carbonyl (C=O) groups is 2. The van der Waals surface area contributed by atoms with Crippen LogP contribution in [0.5, 0.6) is 5.75 Å². The molecule has 7 heteroatoms. The molecular weight excluding hydrogens is 363 g/mol. The molecule has 25 heavy (non-hydrogen) atoms. The van der Waals surface area contributed by atoms with Crippen LogP contribution in [-0.4, -0.2) is 24.5 Å². The van der Waals surface area contributed by atoms with E-state index in [1.807, 2.05) is 6.07 Å². The Bertz CT molecular complexity index is 826. The van der Waals surface area contributed by atoms with Crippen LogP contribution in [0, 0.1) is 0 Å². The molecule has 1 atom stereocenters. The molecule has 1 aliphatic rings. The molecule has 130 valence electrons. The van der Waals surface area contributed by atoms with Gasteiger partial charge in [-0.05, 0) is 29.8 Å². The third kappa shape index (κ3) is 3.89. The maximum absolute atomic E-state index is 12.5. The number of nitrogens with zero attached hydrogens (tertiary/aromatic N) is 1. The fourth-order valence-electron chi connectivity index (χ4n) is 2.63. The number of rotatable bonds is 3. The largest absolute Gasteiger partial charge is 0.477 e. The average Bonchev–Trinajstić information content (AvgIpc) is 2.59. The molecule has 0 saturated carbocycles. The van der Waals surface area contributed by atoms with Crippen LogP contribution in [0.4, 0.5) is 5.69 Å². The van der Waals surface area contributed by atoms with Crippen LogP contribution in [0.15, 0.2) is 42.5 Å². The number of anilines is 1. The summed E-state index contributed by atoms with van der Waals surface area (Å²) in [5.74, 6) is 0.0506. The van der Waals surface area contributed by atoms with E-state index in [-0.39, 0.29) is 24.9 Å². The van der Waals surface area contributed by atoms with Crippen LogP contribution < -0.4 is 15.0 Å². The lowest BCUT2D eigenvalue weighted by atomic mass is 10.1. The molecule has 5 nitrogen and oxygen atoms in total. The monoisotopic (exact) mass is 378 g/mol. The van der Waals surface area contributed by atoms with Gasteiger partial charge in [0.25, 0.3) is 5.91 Å². The number of carbonyl (C=O) groups excluding carboxylic acids is 2. The molecule has 1 aliphatic heterocycles. The fourth-order valence-corrected chi connectivity index (χ4v) is 3.11. The number of halogens is 2. The Morgan fingerprint density at radius 2 is 2.00 bits per heavy atom. The van der Waals surface area contributed by atoms with Gasteiger partial charge < -0.3 is 15.0 Å². The highest BCUT2D eigenvalue weighted by molar-refractivity contribution is 6.35. The van der Waals surface area contributed by atoms with E-state index in [4.69, 9.17) is 27.9 Å². The number of fused-ring (bicyclic) bond motifs is 1. The van der Waals surface area contributed by atoms with E-state index >= 15 is 0 Å². The third-order valence-corrected chi connectivity index (χ3v) is 4.50. The molecule has 0 saturated heterocycles. The van der Waals surface area contributed by atoms with Crippen molar-refractivity contribution in [1.29, 1.82) is 0 Å². The Labute approximate surface area is 155 Å². The molecule has 2 aromatic rings. The first-order valence-corrected chi connectivity index (χ1v) is 8.46. The molecule has 1 heterocycles. The predicted molar refractivity (Wildman–Crippen MR) is 97.2 cm³/mol. The first-order chi connectivity index (χ1) is 12.0. The van der Waals surface area contributed by atoms with Crippen molar-refractivity contribution in [2.75, 3.05) is 11.4 Å². The lowest BCUT2D eigenvalue weighted by molar-refractivity contribution is -0.128. The second kappa shape index (κ2) is 7.33. The fraction of sp³-hybridized carbons (Fsp3) is 0.222. The molecule has 0 unspecified atom stereocenters. The Balaban J connectivity index is 1.71. The second-order valence-corrected chi connectivity index (χ2v) is 6.50. The number of benzene rings is 2. The molecule has 3 rings (SSSR count). The van der Waals surface area contributed by atoms with E-state index < -0.39 is 6.10 Å². The molecular formula is C18H16Cl2N2O3. The molecule has 2 aromatic carbocycles. The van der Waals surface area contributed by atoms with E-state index in [0.717, 1.165) is 5.56 Å². The lowest BCUT2D eigenvalue weighted by Gasteiger charge is -2.33. The quantitative estimate of drug-likeness (QED) is 0.889. The number of hydrogen-bond donors (Lipinski definition) is 1. The van der Waals surface area contributed by atoms with Gasteiger partial charge in [0.15, 0.2) is 6.10 Å². The van der Waals surface area contributed by atoms with Gasteiger partial charge in [-0.3, -0.25) is 9.59 Å². The molecule has 0 aliphatic carbocycles. The van der Waals surface area contributed by atoms with Crippen molar-refractivity contribution in [2.24, 2.45) is 0 Å². The van der Waals surface area contributed by atoms with E-state index in [0.29, 0.717) is 21.5 Å². The zero-order chi connectivity index (χ0) is 18.0. The van der Waals surface area contributed by atoms with Crippen LogP contribution >= 0.6 is 23.2 Å². The summed E-state index contributed by atoms with van der Waals surface area (Å²) in [6.07, 6.45) is -0.787. The van der Waals surface area contributed by atoms with Crippen molar-refractivity contribution in [2.45, 2.75) is 19.6 Å². The van der Waals surface area contributed by atoms with Gasteiger partial charge in [-0.1, -0.05) is 41.4 Å². The number of amides is 2. The summed E-state index contributed by atoms with van der Waals surface area (Å²) in [6.45, 7) is 1.87. The number of hydrogen-bond acceptors (Lipinski definition) is 3. The zero-order valence-corrected chi connectivity index (χ0v) is 15.0.